The third kappa shape index (κ3) is 3.52. The Morgan fingerprint density at radius 2 is 1.95 bits per heavy atom. The summed E-state index contributed by atoms with van der Waals surface area (Å²) in [5.74, 6) is 0.684. The normalized spacial score (nSPS) is 12.2. The highest BCUT2D eigenvalue weighted by Gasteiger charge is 2.13. The van der Waals surface area contributed by atoms with Crippen LogP contribution in [-0.4, -0.2) is 36.6 Å². The van der Waals surface area contributed by atoms with Gasteiger partial charge in [0.2, 0.25) is 5.91 Å². The van der Waals surface area contributed by atoms with Gasteiger partial charge in [-0.3, -0.25) is 4.79 Å². The molecule has 4 heteroatoms. The number of aliphatic hydroxyl groups excluding tert-OH is 1. The topological polar surface area (TPSA) is 49.8 Å². The Labute approximate surface area is 124 Å². The van der Waals surface area contributed by atoms with E-state index >= 15 is 0 Å². The first kappa shape index (κ1) is 15.3. The number of fused-ring (bicyclic) bond motifs is 1. The first-order valence-corrected chi connectivity index (χ1v) is 7.03. The monoisotopic (exact) mass is 287 g/mol. The number of amides is 1. The summed E-state index contributed by atoms with van der Waals surface area (Å²) in [4.78, 5) is 13.2. The molecule has 0 heterocycles. The van der Waals surface area contributed by atoms with E-state index in [1.807, 2.05) is 36.4 Å². The largest absolute Gasteiger partial charge is 0.492 e. The van der Waals surface area contributed by atoms with Gasteiger partial charge in [-0.15, -0.1) is 0 Å². The summed E-state index contributed by atoms with van der Waals surface area (Å²) in [5, 5.41) is 11.9. The van der Waals surface area contributed by atoms with Crippen molar-refractivity contribution in [1.29, 1.82) is 0 Å². The molecule has 0 saturated carbocycles. The van der Waals surface area contributed by atoms with Gasteiger partial charge >= 0.3 is 0 Å². The minimum atomic E-state index is -0.617. The quantitative estimate of drug-likeness (QED) is 0.920. The molecule has 2 aromatic carbocycles. The molecule has 1 unspecified atom stereocenters. The van der Waals surface area contributed by atoms with E-state index in [9.17, 15) is 9.90 Å². The molecule has 0 radical (unpaired) electrons. The molecule has 2 aromatic rings. The van der Waals surface area contributed by atoms with Crippen molar-refractivity contribution in [3.63, 3.8) is 0 Å². The lowest BCUT2D eigenvalue weighted by atomic mass is 10.0. The molecule has 0 spiro atoms. The van der Waals surface area contributed by atoms with Gasteiger partial charge in [0.15, 0.2) is 0 Å². The van der Waals surface area contributed by atoms with Crippen LogP contribution in [0.2, 0.25) is 0 Å². The van der Waals surface area contributed by atoms with Crippen molar-refractivity contribution in [3.8, 4) is 5.75 Å². The van der Waals surface area contributed by atoms with Crippen LogP contribution in [0.1, 0.15) is 25.0 Å². The second-order valence-electron chi connectivity index (χ2n) is 5.27. The lowest BCUT2D eigenvalue weighted by Crippen LogP contribution is -2.23. The first-order valence-electron chi connectivity index (χ1n) is 7.03. The van der Waals surface area contributed by atoms with Gasteiger partial charge in [0.25, 0.3) is 0 Å². The minimum absolute atomic E-state index is 0.0221. The highest BCUT2D eigenvalue weighted by Crippen LogP contribution is 2.33. The van der Waals surface area contributed by atoms with Crippen LogP contribution in [0.15, 0.2) is 36.4 Å². The van der Waals surface area contributed by atoms with Crippen LogP contribution in [-0.2, 0) is 4.79 Å². The molecular formula is C17H21NO3. The zero-order valence-corrected chi connectivity index (χ0v) is 12.7. The van der Waals surface area contributed by atoms with Crippen molar-refractivity contribution < 1.29 is 14.6 Å². The summed E-state index contributed by atoms with van der Waals surface area (Å²) < 4.78 is 5.83. The van der Waals surface area contributed by atoms with E-state index in [4.69, 9.17) is 4.74 Å². The molecule has 0 aliphatic rings. The lowest BCUT2D eigenvalue weighted by Gasteiger charge is -2.17. The SMILES string of the molecule is CC(O)c1ccc2ccccc2c1OCCC(=O)N(C)C. The average molecular weight is 287 g/mol. The van der Waals surface area contributed by atoms with Crippen LogP contribution in [0.4, 0.5) is 0 Å². The molecule has 0 saturated heterocycles. The van der Waals surface area contributed by atoms with Crippen molar-refractivity contribution in [3.05, 3.63) is 42.0 Å². The summed E-state index contributed by atoms with van der Waals surface area (Å²) in [6, 6.07) is 11.7. The Bertz CT molecular complexity index is 635. The van der Waals surface area contributed by atoms with Crippen LogP contribution in [0.5, 0.6) is 5.75 Å². The van der Waals surface area contributed by atoms with Gasteiger partial charge in [-0.1, -0.05) is 36.4 Å². The van der Waals surface area contributed by atoms with Gasteiger partial charge in [0.05, 0.1) is 19.1 Å². The molecular weight excluding hydrogens is 266 g/mol. The Kier molecular flexibility index (Phi) is 4.81. The van der Waals surface area contributed by atoms with Gasteiger partial charge in [0, 0.05) is 25.0 Å². The summed E-state index contributed by atoms with van der Waals surface area (Å²) in [7, 11) is 3.45. The Morgan fingerprint density at radius 1 is 1.24 bits per heavy atom. The number of carbonyl (C=O) groups excluding carboxylic acids is 1. The van der Waals surface area contributed by atoms with E-state index < -0.39 is 6.10 Å². The molecule has 4 nitrogen and oxygen atoms in total. The molecule has 1 atom stereocenters. The summed E-state index contributed by atoms with van der Waals surface area (Å²) >= 11 is 0. The van der Waals surface area contributed by atoms with Crippen molar-refractivity contribution in [2.45, 2.75) is 19.4 Å². The zero-order chi connectivity index (χ0) is 15.4. The maximum absolute atomic E-state index is 11.6. The van der Waals surface area contributed by atoms with E-state index in [0.29, 0.717) is 18.8 Å². The zero-order valence-electron chi connectivity index (χ0n) is 12.7. The molecule has 0 aromatic heterocycles. The number of rotatable bonds is 5. The number of ether oxygens (including phenoxy) is 1. The third-order valence-corrected chi connectivity index (χ3v) is 3.42. The highest BCUT2D eigenvalue weighted by atomic mass is 16.5. The van der Waals surface area contributed by atoms with Crippen molar-refractivity contribution >= 4 is 16.7 Å². The van der Waals surface area contributed by atoms with Gasteiger partial charge in [-0.25, -0.2) is 0 Å². The van der Waals surface area contributed by atoms with E-state index in [0.717, 1.165) is 16.3 Å². The smallest absolute Gasteiger partial charge is 0.225 e. The summed E-state index contributed by atoms with van der Waals surface area (Å²) in [6.07, 6.45) is -0.302. The lowest BCUT2D eigenvalue weighted by molar-refractivity contribution is -0.129. The van der Waals surface area contributed by atoms with E-state index in [2.05, 4.69) is 0 Å². The van der Waals surface area contributed by atoms with Crippen LogP contribution in [0.3, 0.4) is 0 Å². The molecule has 112 valence electrons. The van der Waals surface area contributed by atoms with Crippen molar-refractivity contribution in [2.24, 2.45) is 0 Å². The van der Waals surface area contributed by atoms with E-state index in [1.165, 1.54) is 0 Å². The van der Waals surface area contributed by atoms with E-state index in [1.54, 1.807) is 25.9 Å². The molecule has 0 fully saturated rings. The Balaban J connectivity index is 2.27. The summed E-state index contributed by atoms with van der Waals surface area (Å²) in [5.41, 5.74) is 0.742. The number of hydrogen-bond donors (Lipinski definition) is 1. The van der Waals surface area contributed by atoms with E-state index in [-0.39, 0.29) is 5.91 Å². The number of aliphatic hydroxyl groups is 1. The molecule has 0 aliphatic heterocycles. The fourth-order valence-electron chi connectivity index (χ4n) is 2.21. The second kappa shape index (κ2) is 6.59. The molecule has 21 heavy (non-hydrogen) atoms. The third-order valence-electron chi connectivity index (χ3n) is 3.42. The van der Waals surface area contributed by atoms with Crippen LogP contribution in [0.25, 0.3) is 10.8 Å². The molecule has 1 amide bonds. The number of carbonyl (C=O) groups is 1. The van der Waals surface area contributed by atoms with Crippen LogP contribution >= 0.6 is 0 Å². The van der Waals surface area contributed by atoms with Gasteiger partial charge in [-0.05, 0) is 12.3 Å². The van der Waals surface area contributed by atoms with Crippen molar-refractivity contribution in [1.82, 2.24) is 4.90 Å². The molecule has 0 aliphatic carbocycles. The highest BCUT2D eigenvalue weighted by molar-refractivity contribution is 5.89. The molecule has 2 rings (SSSR count). The summed E-state index contributed by atoms with van der Waals surface area (Å²) in [6.45, 7) is 2.01. The maximum Gasteiger partial charge on any atom is 0.225 e. The van der Waals surface area contributed by atoms with Gasteiger partial charge < -0.3 is 14.7 Å². The van der Waals surface area contributed by atoms with Gasteiger partial charge in [0.1, 0.15) is 5.75 Å². The van der Waals surface area contributed by atoms with Crippen molar-refractivity contribution in [2.75, 3.05) is 20.7 Å². The number of hydrogen-bond acceptors (Lipinski definition) is 3. The predicted molar refractivity (Wildman–Crippen MR) is 83.4 cm³/mol. The predicted octanol–water partition coefficient (Wildman–Crippen LogP) is 2.75. The minimum Gasteiger partial charge on any atom is -0.492 e. The fraction of sp³-hybridized carbons (Fsp3) is 0.353. The van der Waals surface area contributed by atoms with Crippen LogP contribution < -0.4 is 4.74 Å². The first-order chi connectivity index (χ1) is 10.0. The van der Waals surface area contributed by atoms with Crippen LogP contribution in [0, 0.1) is 0 Å². The second-order valence-corrected chi connectivity index (χ2v) is 5.27. The number of nitrogens with zero attached hydrogens (tertiary/aromatic N) is 1. The fourth-order valence-corrected chi connectivity index (χ4v) is 2.21. The molecule has 0 bridgehead atoms. The average Bonchev–Trinajstić information content (AvgIpc) is 2.46. The maximum atomic E-state index is 11.6. The number of benzene rings is 2. The molecule has 1 N–H and O–H groups in total. The standard InChI is InChI=1S/C17H21NO3/c1-12(19)14-9-8-13-6-4-5-7-15(13)17(14)21-11-10-16(20)18(2)3/h4-9,12,19H,10-11H2,1-3H3. The van der Waals surface area contributed by atoms with Gasteiger partial charge in [-0.2, -0.15) is 0 Å². The Hall–Kier alpha value is -2.07. The Morgan fingerprint density at radius 3 is 2.62 bits per heavy atom.